The van der Waals surface area contributed by atoms with Gasteiger partial charge in [-0.2, -0.15) is 10.2 Å². The second kappa shape index (κ2) is 16.0. The molecule has 4 saturated carbocycles. The monoisotopic (exact) mass is 760 g/mol. The Labute approximate surface area is 326 Å². The Balaban J connectivity index is 0.000000161. The van der Waals surface area contributed by atoms with Crippen LogP contribution in [0.3, 0.4) is 0 Å². The van der Waals surface area contributed by atoms with E-state index in [0.29, 0.717) is 34.8 Å². The number of pyridine rings is 2. The Bertz CT molecular complexity index is 2050. The van der Waals surface area contributed by atoms with Gasteiger partial charge in [0.15, 0.2) is 0 Å². The first kappa shape index (κ1) is 37.0. The SMILES string of the molecule is Cl.Cl.O=C(Nc1ccc(-n2nc(C3CC3)cc2C2CC2)cc1)c1cccnc1.O=C(Nc1ccc(-n2nc(C3CC3)cc2C2CC2)cc1)c1ccncc1. The van der Waals surface area contributed by atoms with Gasteiger partial charge in [0.1, 0.15) is 0 Å². The fourth-order valence-corrected chi connectivity index (χ4v) is 6.52. The summed E-state index contributed by atoms with van der Waals surface area (Å²) in [6, 6.07) is 27.3. The first-order valence-electron chi connectivity index (χ1n) is 18.4. The lowest BCUT2D eigenvalue weighted by Gasteiger charge is -2.09. The summed E-state index contributed by atoms with van der Waals surface area (Å²) < 4.78 is 4.19. The van der Waals surface area contributed by atoms with Crippen molar-refractivity contribution in [1.82, 2.24) is 29.5 Å². The number of carbonyl (C=O) groups is 2. The van der Waals surface area contributed by atoms with E-state index in [4.69, 9.17) is 10.2 Å². The molecule has 0 saturated heterocycles. The minimum absolute atomic E-state index is 0. The largest absolute Gasteiger partial charge is 0.322 e. The van der Waals surface area contributed by atoms with Crippen molar-refractivity contribution in [1.29, 1.82) is 0 Å². The van der Waals surface area contributed by atoms with E-state index >= 15 is 0 Å². The number of aromatic nitrogens is 6. The molecule has 0 spiro atoms. The van der Waals surface area contributed by atoms with Gasteiger partial charge in [0.25, 0.3) is 11.8 Å². The van der Waals surface area contributed by atoms with Gasteiger partial charge < -0.3 is 10.6 Å². The van der Waals surface area contributed by atoms with E-state index in [-0.39, 0.29) is 36.6 Å². The van der Waals surface area contributed by atoms with Crippen molar-refractivity contribution in [2.45, 2.75) is 75.0 Å². The van der Waals surface area contributed by atoms with E-state index < -0.39 is 0 Å². The second-order valence-corrected chi connectivity index (χ2v) is 14.4. The van der Waals surface area contributed by atoms with Crippen LogP contribution in [0.4, 0.5) is 11.4 Å². The smallest absolute Gasteiger partial charge is 0.257 e. The summed E-state index contributed by atoms with van der Waals surface area (Å²) in [7, 11) is 0. The summed E-state index contributed by atoms with van der Waals surface area (Å²) in [5, 5.41) is 15.6. The predicted octanol–water partition coefficient (Wildman–Crippen LogP) is 9.39. The summed E-state index contributed by atoms with van der Waals surface area (Å²) in [6.07, 6.45) is 16.6. The molecule has 0 unspecified atom stereocenters. The van der Waals surface area contributed by atoms with Gasteiger partial charge in [-0.25, -0.2) is 9.36 Å². The van der Waals surface area contributed by atoms with E-state index in [0.717, 1.165) is 22.7 Å². The lowest BCUT2D eigenvalue weighted by molar-refractivity contribution is 0.101. The molecule has 2 aromatic carbocycles. The van der Waals surface area contributed by atoms with Crippen LogP contribution in [0.5, 0.6) is 0 Å². The zero-order valence-corrected chi connectivity index (χ0v) is 31.3. The van der Waals surface area contributed by atoms with Crippen molar-refractivity contribution in [2.24, 2.45) is 0 Å². The van der Waals surface area contributed by atoms with Crippen LogP contribution < -0.4 is 10.6 Å². The van der Waals surface area contributed by atoms with Crippen LogP contribution in [0.25, 0.3) is 11.4 Å². The Hall–Kier alpha value is -5.32. The van der Waals surface area contributed by atoms with Gasteiger partial charge in [-0.1, -0.05) is 0 Å². The predicted molar refractivity (Wildman–Crippen MR) is 214 cm³/mol. The highest BCUT2D eigenvalue weighted by Crippen LogP contribution is 2.46. The summed E-state index contributed by atoms with van der Waals surface area (Å²) in [6.45, 7) is 0. The topological polar surface area (TPSA) is 120 Å². The van der Waals surface area contributed by atoms with Crippen molar-refractivity contribution in [3.8, 4) is 11.4 Å². The molecule has 2 N–H and O–H groups in total. The van der Waals surface area contributed by atoms with Crippen molar-refractivity contribution in [2.75, 3.05) is 10.6 Å². The lowest BCUT2D eigenvalue weighted by Crippen LogP contribution is -2.12. The average Bonchev–Trinajstić information content (AvgIpc) is 3.98. The highest BCUT2D eigenvalue weighted by Gasteiger charge is 2.34. The standard InChI is InChI=1S/2C21H20N4O.2ClH/c26-21(16-9-11-22-12-10-16)23-17-5-7-18(8-6-17)25-20(15-3-4-15)13-19(24-25)14-1-2-14;26-21(16-2-1-11-22-13-16)23-17-7-9-18(10-8-17)25-20(15-5-6-15)12-19(24-25)14-3-4-14;;/h5-15H,1-4H2,(H,23,26);1-2,7-15H,3-6H2,(H,23,26);2*1H. The number of benzene rings is 2. The van der Waals surface area contributed by atoms with Crippen LogP contribution in [0.2, 0.25) is 0 Å². The van der Waals surface area contributed by atoms with E-state index in [1.165, 1.54) is 74.1 Å². The van der Waals surface area contributed by atoms with Gasteiger partial charge in [0, 0.05) is 76.8 Å². The number of amides is 2. The van der Waals surface area contributed by atoms with Gasteiger partial charge in [-0.05, 0) is 136 Å². The number of nitrogens with one attached hydrogen (secondary N) is 2. The van der Waals surface area contributed by atoms with Gasteiger partial charge >= 0.3 is 0 Å². The van der Waals surface area contributed by atoms with Crippen LogP contribution in [0.15, 0.2) is 110 Å². The number of hydrogen-bond acceptors (Lipinski definition) is 6. The highest BCUT2D eigenvalue weighted by atomic mass is 35.5. The highest BCUT2D eigenvalue weighted by molar-refractivity contribution is 6.04. The van der Waals surface area contributed by atoms with Crippen LogP contribution in [-0.2, 0) is 0 Å². The molecule has 12 heteroatoms. The molecule has 0 atom stereocenters. The fraction of sp³-hybridized carbons (Fsp3) is 0.286. The summed E-state index contributed by atoms with van der Waals surface area (Å²) in [5.74, 6) is 2.34. The van der Waals surface area contributed by atoms with Gasteiger partial charge in [-0.3, -0.25) is 19.6 Å². The molecular formula is C42H42Cl2N8O2. The Kier molecular flexibility index (Phi) is 10.9. The third-order valence-corrected chi connectivity index (χ3v) is 10.1. The molecule has 10 nitrogen and oxygen atoms in total. The first-order valence-corrected chi connectivity index (χ1v) is 18.4. The summed E-state index contributed by atoms with van der Waals surface area (Å²) >= 11 is 0. The number of carbonyl (C=O) groups excluding carboxylic acids is 2. The zero-order chi connectivity index (χ0) is 35.0. The lowest BCUT2D eigenvalue weighted by atomic mass is 10.2. The van der Waals surface area contributed by atoms with Crippen molar-refractivity contribution >= 4 is 48.0 Å². The molecular weight excluding hydrogens is 719 g/mol. The molecule has 276 valence electrons. The average molecular weight is 762 g/mol. The third-order valence-electron chi connectivity index (χ3n) is 10.1. The van der Waals surface area contributed by atoms with Crippen LogP contribution >= 0.6 is 24.8 Å². The fourth-order valence-electron chi connectivity index (χ4n) is 6.52. The maximum absolute atomic E-state index is 12.2. The van der Waals surface area contributed by atoms with Crippen LogP contribution in [0.1, 0.15) is 119 Å². The second-order valence-electron chi connectivity index (χ2n) is 14.4. The molecule has 2 amide bonds. The van der Waals surface area contributed by atoms with Gasteiger partial charge in [0.05, 0.1) is 28.3 Å². The minimum atomic E-state index is -0.153. The Morgan fingerprint density at radius 1 is 0.519 bits per heavy atom. The number of hydrogen-bond donors (Lipinski definition) is 2. The molecule has 4 aromatic heterocycles. The third kappa shape index (κ3) is 8.56. The van der Waals surface area contributed by atoms with E-state index in [9.17, 15) is 9.59 Å². The molecule has 0 aliphatic heterocycles. The number of halogens is 2. The molecule has 4 aliphatic carbocycles. The molecule has 4 heterocycles. The van der Waals surface area contributed by atoms with Crippen LogP contribution in [0, 0.1) is 0 Å². The Morgan fingerprint density at radius 2 is 0.963 bits per heavy atom. The Morgan fingerprint density at radius 3 is 1.37 bits per heavy atom. The number of rotatable bonds is 10. The molecule has 4 fully saturated rings. The molecule has 0 bridgehead atoms. The van der Waals surface area contributed by atoms with Crippen molar-refractivity contribution < 1.29 is 9.59 Å². The van der Waals surface area contributed by atoms with E-state index in [1.807, 2.05) is 48.5 Å². The zero-order valence-electron chi connectivity index (χ0n) is 29.7. The molecule has 4 aliphatic rings. The molecule has 10 rings (SSSR count). The van der Waals surface area contributed by atoms with Gasteiger partial charge in [0.2, 0.25) is 0 Å². The normalized spacial score (nSPS) is 15.9. The number of nitrogens with zero attached hydrogens (tertiary/aromatic N) is 6. The quantitative estimate of drug-likeness (QED) is 0.144. The number of anilines is 2. The minimum Gasteiger partial charge on any atom is -0.322 e. The first-order chi connectivity index (χ1) is 25.6. The van der Waals surface area contributed by atoms with Crippen molar-refractivity contribution in [3.05, 3.63) is 144 Å². The van der Waals surface area contributed by atoms with E-state index in [1.54, 1.807) is 49.1 Å². The maximum Gasteiger partial charge on any atom is 0.257 e. The van der Waals surface area contributed by atoms with Gasteiger partial charge in [-0.15, -0.1) is 24.8 Å². The van der Waals surface area contributed by atoms with Crippen LogP contribution in [-0.4, -0.2) is 41.3 Å². The maximum atomic E-state index is 12.2. The molecule has 54 heavy (non-hydrogen) atoms. The molecule has 0 radical (unpaired) electrons. The summed E-state index contributed by atoms with van der Waals surface area (Å²) in [5.41, 5.74) is 9.94. The summed E-state index contributed by atoms with van der Waals surface area (Å²) in [4.78, 5) is 32.4. The molecule has 6 aromatic rings. The van der Waals surface area contributed by atoms with E-state index in [2.05, 4.69) is 42.1 Å². The van der Waals surface area contributed by atoms with Crippen molar-refractivity contribution in [3.63, 3.8) is 0 Å².